The molecule has 11 aromatic rings. The van der Waals surface area contributed by atoms with Crippen molar-refractivity contribution in [1.82, 2.24) is 0 Å². The highest BCUT2D eigenvalue weighted by Crippen LogP contribution is 2.49. The lowest BCUT2D eigenvalue weighted by Crippen LogP contribution is -2.49. The monoisotopic (exact) mass is 837 g/mol. The van der Waals surface area contributed by atoms with Crippen LogP contribution in [0.15, 0.2) is 188 Å². The summed E-state index contributed by atoms with van der Waals surface area (Å²) in [5, 5.41) is 18.6. The van der Waals surface area contributed by atoms with E-state index < -0.39 is 8.07 Å². The van der Waals surface area contributed by atoms with Crippen molar-refractivity contribution in [3.05, 3.63) is 199 Å². The largest absolute Gasteiger partial charge is 0.309 e. The van der Waals surface area contributed by atoms with Crippen LogP contribution < -0.4 is 15.3 Å². The highest BCUT2D eigenvalue weighted by molar-refractivity contribution is 7.04. The minimum Gasteiger partial charge on any atom is -0.309 e. The summed E-state index contributed by atoms with van der Waals surface area (Å²) >= 11 is 0. The fourth-order valence-electron chi connectivity index (χ4n) is 11.1. The first-order valence-electron chi connectivity index (χ1n) is 23.1. The minimum atomic E-state index is -2.06. The Labute approximate surface area is 377 Å². The van der Waals surface area contributed by atoms with Gasteiger partial charge in [-0.1, -0.05) is 180 Å². The van der Waals surface area contributed by atoms with Gasteiger partial charge in [0, 0.05) is 22.1 Å². The van der Waals surface area contributed by atoms with Crippen LogP contribution in [0, 0.1) is 0 Å². The highest BCUT2D eigenvalue weighted by Gasteiger charge is 2.38. The molecule has 11 aromatic carbocycles. The molecule has 0 fully saturated rings. The zero-order valence-corrected chi connectivity index (χ0v) is 38.5. The third-order valence-electron chi connectivity index (χ3n) is 14.5. The van der Waals surface area contributed by atoms with Gasteiger partial charge in [0.15, 0.2) is 0 Å². The molecule has 0 radical (unpaired) electrons. The number of hydrogen-bond acceptors (Lipinski definition) is 1. The van der Waals surface area contributed by atoms with Gasteiger partial charge in [-0.3, -0.25) is 0 Å². The van der Waals surface area contributed by atoms with E-state index >= 15 is 0 Å². The van der Waals surface area contributed by atoms with E-state index in [9.17, 15) is 0 Å². The molecule has 0 aliphatic carbocycles. The summed E-state index contributed by atoms with van der Waals surface area (Å²) in [6, 6.07) is 72.0. The van der Waals surface area contributed by atoms with E-state index in [2.05, 4.69) is 234 Å². The first-order chi connectivity index (χ1) is 31.2. The summed E-state index contributed by atoms with van der Waals surface area (Å²) in [6.07, 6.45) is 0. The van der Waals surface area contributed by atoms with Crippen molar-refractivity contribution in [1.29, 1.82) is 0 Å². The molecule has 0 saturated carbocycles. The Morgan fingerprint density at radius 1 is 0.359 bits per heavy atom. The lowest BCUT2D eigenvalue weighted by Gasteiger charge is -2.30. The number of rotatable bonds is 6. The van der Waals surface area contributed by atoms with Crippen LogP contribution in [-0.2, 0) is 0 Å². The quantitative estimate of drug-likeness (QED) is 0.0916. The molecule has 0 bridgehead atoms. The normalized spacial score (nSPS) is 13.2. The van der Waals surface area contributed by atoms with Crippen molar-refractivity contribution in [2.24, 2.45) is 0 Å². The number of hydrogen-bond donors (Lipinski definition) is 0. The van der Waals surface area contributed by atoms with Crippen LogP contribution in [0.3, 0.4) is 0 Å². The molecule has 2 heteroatoms. The summed E-state index contributed by atoms with van der Waals surface area (Å²) in [5.74, 6) is 0.916. The minimum absolute atomic E-state index is 0.458. The highest BCUT2D eigenvalue weighted by atomic mass is 28.3. The Kier molecular flexibility index (Phi) is 8.77. The number of anilines is 3. The van der Waals surface area contributed by atoms with Gasteiger partial charge >= 0.3 is 0 Å². The number of fused-ring (bicyclic) bond motifs is 12. The molecule has 1 heterocycles. The Balaban J connectivity index is 1.11. The molecule has 0 saturated heterocycles. The van der Waals surface area contributed by atoms with Gasteiger partial charge in [-0.2, -0.15) is 0 Å². The molecule has 64 heavy (non-hydrogen) atoms. The molecule has 1 aliphatic rings. The maximum atomic E-state index is 2.59. The first-order valence-corrected chi connectivity index (χ1v) is 26.1. The van der Waals surface area contributed by atoms with E-state index in [4.69, 9.17) is 0 Å². The van der Waals surface area contributed by atoms with Crippen LogP contribution in [0.1, 0.15) is 50.7 Å². The molecule has 308 valence electrons. The van der Waals surface area contributed by atoms with Crippen LogP contribution in [0.2, 0.25) is 13.1 Å². The Hall–Kier alpha value is -7.00. The average Bonchev–Trinajstić information content (AvgIpc) is 3.54. The van der Waals surface area contributed by atoms with Gasteiger partial charge in [0.2, 0.25) is 0 Å². The van der Waals surface area contributed by atoms with E-state index in [1.807, 2.05) is 0 Å². The number of nitrogens with zero attached hydrogens (tertiary/aromatic N) is 1. The summed E-state index contributed by atoms with van der Waals surface area (Å²) in [6.45, 7) is 14.2. The predicted molar refractivity (Wildman–Crippen MR) is 282 cm³/mol. The van der Waals surface area contributed by atoms with E-state index in [0.29, 0.717) is 11.8 Å². The summed E-state index contributed by atoms with van der Waals surface area (Å²) < 4.78 is 0. The second-order valence-electron chi connectivity index (χ2n) is 19.3. The van der Waals surface area contributed by atoms with E-state index in [0.717, 1.165) is 11.4 Å². The molecule has 0 atom stereocenters. The van der Waals surface area contributed by atoms with E-state index in [1.165, 1.54) is 114 Å². The van der Waals surface area contributed by atoms with Crippen LogP contribution in [0.25, 0.3) is 86.9 Å². The lowest BCUT2D eigenvalue weighted by molar-refractivity contribution is 0.866. The van der Waals surface area contributed by atoms with Gasteiger partial charge in [-0.05, 0) is 158 Å². The van der Waals surface area contributed by atoms with Crippen LogP contribution in [0.4, 0.5) is 17.1 Å². The number of benzene rings is 11. The molecule has 0 unspecified atom stereocenters. The smallest absolute Gasteiger partial charge is 0.113 e. The maximum Gasteiger partial charge on any atom is 0.113 e. The third-order valence-corrected chi connectivity index (χ3v) is 18.1. The van der Waals surface area contributed by atoms with Gasteiger partial charge in [0.05, 0.1) is 5.69 Å². The van der Waals surface area contributed by atoms with Crippen molar-refractivity contribution in [2.45, 2.75) is 52.6 Å². The zero-order chi connectivity index (χ0) is 43.4. The summed E-state index contributed by atoms with van der Waals surface area (Å²) in [5.41, 5.74) is 11.6. The first kappa shape index (κ1) is 38.7. The molecular weight excluding hydrogens is 787 g/mol. The van der Waals surface area contributed by atoms with Gasteiger partial charge in [0.1, 0.15) is 8.07 Å². The predicted octanol–water partition coefficient (Wildman–Crippen LogP) is 16.8. The summed E-state index contributed by atoms with van der Waals surface area (Å²) in [7, 11) is -2.06. The van der Waals surface area contributed by atoms with E-state index in [-0.39, 0.29) is 0 Å². The molecule has 0 N–H and O–H groups in total. The molecule has 0 amide bonds. The van der Waals surface area contributed by atoms with Crippen molar-refractivity contribution in [2.75, 3.05) is 4.90 Å². The maximum absolute atomic E-state index is 2.59. The molecule has 0 aromatic heterocycles. The second kappa shape index (κ2) is 14.5. The fraction of sp³-hybridized carbons (Fsp3) is 0.129. The van der Waals surface area contributed by atoms with Crippen molar-refractivity contribution < 1.29 is 0 Å². The fourth-order valence-corrected chi connectivity index (χ4v) is 14.2. The molecular formula is C62H51NSi. The molecule has 0 spiro atoms. The van der Waals surface area contributed by atoms with Gasteiger partial charge < -0.3 is 4.90 Å². The van der Waals surface area contributed by atoms with Crippen molar-refractivity contribution in [3.63, 3.8) is 0 Å². The average molecular weight is 838 g/mol. The molecule has 1 aliphatic heterocycles. The molecule has 1 nitrogen and oxygen atoms in total. The topological polar surface area (TPSA) is 3.24 Å². The van der Waals surface area contributed by atoms with E-state index in [1.54, 1.807) is 0 Å². The van der Waals surface area contributed by atoms with Crippen molar-refractivity contribution in [3.8, 4) is 22.3 Å². The van der Waals surface area contributed by atoms with Crippen LogP contribution >= 0.6 is 0 Å². The van der Waals surface area contributed by atoms with Gasteiger partial charge in [-0.15, -0.1) is 0 Å². The lowest BCUT2D eigenvalue weighted by atomic mass is 9.88. The SMILES string of the molecule is CC(C)c1ccc(N(c2ccc(C(C)C)cc2)c2c3ccccc3c(-c3ccc4c(c3)-c3cc5c(cc3[Si]4(C)C)c3ccccc3c3cc4ccccc4cc53)c3ccccc23)cc1. The van der Waals surface area contributed by atoms with Gasteiger partial charge in [-0.25, -0.2) is 0 Å². The standard InChI is InChI=1S/C62H51NSi/c1-38(2)40-23-28-45(29-24-40)63(46-30-25-41(26-31-46)39(3)4)62-51-21-13-11-19-49(51)61(50-20-12-14-22-52(50)62)44-27-32-59-57(35-44)58-36-55-54-34-43-16-8-7-15-42(43)33-53(54)47-17-9-10-18-48(47)56(55)37-60(58)64(59,5)6/h7-39H,1-6H3. The zero-order valence-electron chi connectivity index (χ0n) is 37.5. The Morgan fingerprint density at radius 2 is 0.781 bits per heavy atom. The third kappa shape index (κ3) is 5.82. The van der Waals surface area contributed by atoms with Gasteiger partial charge in [0.25, 0.3) is 0 Å². The molecule has 12 rings (SSSR count). The van der Waals surface area contributed by atoms with Crippen LogP contribution in [-0.4, -0.2) is 8.07 Å². The van der Waals surface area contributed by atoms with Crippen LogP contribution in [0.5, 0.6) is 0 Å². The Bertz CT molecular complexity index is 3580. The Morgan fingerprint density at radius 3 is 1.30 bits per heavy atom. The summed E-state index contributed by atoms with van der Waals surface area (Å²) in [4.78, 5) is 2.50. The van der Waals surface area contributed by atoms with Crippen molar-refractivity contribution >= 4 is 100 Å². The second-order valence-corrected chi connectivity index (χ2v) is 23.6.